The number of carbonyl (C=O) groups excluding carboxylic acids is 1. The highest BCUT2D eigenvalue weighted by atomic mass is 32.1. The lowest BCUT2D eigenvalue weighted by Gasteiger charge is -2.35. The van der Waals surface area contributed by atoms with Crippen LogP contribution in [-0.4, -0.2) is 43.7 Å². The van der Waals surface area contributed by atoms with Gasteiger partial charge in [0.2, 0.25) is 5.91 Å². The molecule has 2 aromatic rings. The second-order valence-corrected chi connectivity index (χ2v) is 7.44. The number of ether oxygens (including phenoxy) is 1. The molecule has 2 atom stereocenters. The first kappa shape index (κ1) is 18.1. The van der Waals surface area contributed by atoms with Crippen LogP contribution >= 0.6 is 11.3 Å². The van der Waals surface area contributed by atoms with Crippen LogP contribution in [0.2, 0.25) is 0 Å². The number of rotatable bonds is 6. The first-order valence-electron chi connectivity index (χ1n) is 8.57. The van der Waals surface area contributed by atoms with E-state index in [1.54, 1.807) is 18.3 Å². The molecule has 3 N–H and O–H groups in total. The van der Waals surface area contributed by atoms with Crippen molar-refractivity contribution in [3.05, 3.63) is 58.3 Å². The second-order valence-electron chi connectivity index (χ2n) is 6.46. The number of hydrogen-bond donors (Lipinski definition) is 2. The third kappa shape index (κ3) is 4.27. The molecule has 5 nitrogen and oxygen atoms in total. The minimum Gasteiger partial charge on any atom is -0.379 e. The van der Waals surface area contributed by atoms with E-state index in [1.807, 2.05) is 36.4 Å². The number of nitrogens with zero attached hydrogens (tertiary/aromatic N) is 1. The zero-order valence-corrected chi connectivity index (χ0v) is 15.3. The summed E-state index contributed by atoms with van der Waals surface area (Å²) in [5.41, 5.74) is 6.08. The van der Waals surface area contributed by atoms with Crippen molar-refractivity contribution >= 4 is 17.2 Å². The highest BCUT2D eigenvalue weighted by Gasteiger charge is 2.32. The first-order valence-corrected chi connectivity index (χ1v) is 9.45. The van der Waals surface area contributed by atoms with E-state index in [1.165, 1.54) is 4.88 Å². The Bertz CT molecular complexity index is 667. The van der Waals surface area contributed by atoms with Crippen molar-refractivity contribution in [2.45, 2.75) is 18.5 Å². The molecule has 0 bridgehead atoms. The highest BCUT2D eigenvalue weighted by molar-refractivity contribution is 7.10. The summed E-state index contributed by atoms with van der Waals surface area (Å²) in [6.07, 6.45) is 0. The van der Waals surface area contributed by atoms with Gasteiger partial charge in [0.15, 0.2) is 0 Å². The number of morpholine rings is 1. The number of hydrogen-bond acceptors (Lipinski definition) is 5. The molecule has 1 aliphatic heterocycles. The average molecular weight is 359 g/mol. The van der Waals surface area contributed by atoms with Crippen LogP contribution in [0.25, 0.3) is 0 Å². The van der Waals surface area contributed by atoms with Gasteiger partial charge in [0.05, 0.1) is 19.3 Å². The molecule has 0 spiro atoms. The Labute approximate surface area is 152 Å². The third-order valence-electron chi connectivity index (χ3n) is 4.66. The molecule has 6 heteroatoms. The van der Waals surface area contributed by atoms with E-state index in [2.05, 4.69) is 21.7 Å². The van der Waals surface area contributed by atoms with Crippen LogP contribution in [0.3, 0.4) is 0 Å². The molecule has 134 valence electrons. The lowest BCUT2D eigenvalue weighted by atomic mass is 9.92. The molecule has 2 unspecified atom stereocenters. The summed E-state index contributed by atoms with van der Waals surface area (Å²) in [4.78, 5) is 16.4. The van der Waals surface area contributed by atoms with Crippen molar-refractivity contribution in [1.29, 1.82) is 0 Å². The van der Waals surface area contributed by atoms with Gasteiger partial charge in [-0.15, -0.1) is 11.3 Å². The third-order valence-corrected chi connectivity index (χ3v) is 5.63. The molecular formula is C19H25N3O2S. The van der Waals surface area contributed by atoms with Crippen LogP contribution in [0.4, 0.5) is 0 Å². The molecular weight excluding hydrogens is 334 g/mol. The summed E-state index contributed by atoms with van der Waals surface area (Å²) in [5, 5.41) is 5.14. The second kappa shape index (κ2) is 8.10. The smallest absolute Gasteiger partial charge is 0.244 e. The summed E-state index contributed by atoms with van der Waals surface area (Å²) >= 11 is 1.72. The normalized spacial score (nSPS) is 19.1. The van der Waals surface area contributed by atoms with Gasteiger partial charge >= 0.3 is 0 Å². The Morgan fingerprint density at radius 1 is 1.28 bits per heavy atom. The van der Waals surface area contributed by atoms with Gasteiger partial charge in [-0.3, -0.25) is 9.69 Å². The fraction of sp³-hybridized carbons (Fsp3) is 0.421. The van der Waals surface area contributed by atoms with Crippen molar-refractivity contribution in [3.63, 3.8) is 0 Å². The van der Waals surface area contributed by atoms with E-state index < -0.39 is 5.54 Å². The Kier molecular flexibility index (Phi) is 5.86. The van der Waals surface area contributed by atoms with Crippen molar-refractivity contribution in [3.8, 4) is 0 Å². The van der Waals surface area contributed by atoms with Crippen LogP contribution in [0.1, 0.15) is 23.4 Å². The molecule has 0 radical (unpaired) electrons. The van der Waals surface area contributed by atoms with Gasteiger partial charge in [-0.25, -0.2) is 0 Å². The maximum atomic E-state index is 12.7. The lowest BCUT2D eigenvalue weighted by Crippen LogP contribution is -2.51. The molecule has 1 aliphatic rings. The highest BCUT2D eigenvalue weighted by Crippen LogP contribution is 2.26. The molecule has 3 rings (SSSR count). The van der Waals surface area contributed by atoms with Gasteiger partial charge in [-0.05, 0) is 23.9 Å². The Balaban J connectivity index is 1.69. The summed E-state index contributed by atoms with van der Waals surface area (Å²) in [7, 11) is 0. The average Bonchev–Trinajstić information content (AvgIpc) is 3.18. The minimum atomic E-state index is -1.05. The molecule has 0 aliphatic carbocycles. The summed E-state index contributed by atoms with van der Waals surface area (Å²) in [6, 6.07) is 13.8. The van der Waals surface area contributed by atoms with Crippen molar-refractivity contribution in [2.24, 2.45) is 5.73 Å². The monoisotopic (exact) mass is 359 g/mol. The van der Waals surface area contributed by atoms with Gasteiger partial charge in [-0.1, -0.05) is 36.4 Å². The Morgan fingerprint density at radius 3 is 2.64 bits per heavy atom. The molecule has 1 amide bonds. The van der Waals surface area contributed by atoms with Crippen LogP contribution in [0.5, 0.6) is 0 Å². The van der Waals surface area contributed by atoms with Gasteiger partial charge in [0, 0.05) is 24.5 Å². The maximum absolute atomic E-state index is 12.7. The van der Waals surface area contributed by atoms with Crippen molar-refractivity contribution < 1.29 is 9.53 Å². The molecule has 1 aromatic heterocycles. The number of nitrogens with one attached hydrogen (secondary N) is 1. The summed E-state index contributed by atoms with van der Waals surface area (Å²) in [6.45, 7) is 5.50. The molecule has 25 heavy (non-hydrogen) atoms. The maximum Gasteiger partial charge on any atom is 0.244 e. The van der Waals surface area contributed by atoms with Gasteiger partial charge in [0.25, 0.3) is 0 Å². The van der Waals surface area contributed by atoms with E-state index in [0.717, 1.165) is 31.9 Å². The first-order chi connectivity index (χ1) is 12.1. The predicted molar refractivity (Wildman–Crippen MR) is 100 cm³/mol. The molecule has 0 saturated carbocycles. The van der Waals surface area contributed by atoms with Crippen LogP contribution in [0, 0.1) is 0 Å². The lowest BCUT2D eigenvalue weighted by molar-refractivity contribution is -0.126. The SMILES string of the molecule is CC(N)(C(=O)NCC(c1cccs1)N1CCOCC1)c1ccccc1. The number of thiophene rings is 1. The summed E-state index contributed by atoms with van der Waals surface area (Å²) < 4.78 is 5.46. The molecule has 1 saturated heterocycles. The van der Waals surface area contributed by atoms with Crippen LogP contribution in [-0.2, 0) is 15.1 Å². The quantitative estimate of drug-likeness (QED) is 0.829. The molecule has 2 heterocycles. The van der Waals surface area contributed by atoms with Crippen LogP contribution < -0.4 is 11.1 Å². The van der Waals surface area contributed by atoms with Gasteiger partial charge in [-0.2, -0.15) is 0 Å². The summed E-state index contributed by atoms with van der Waals surface area (Å²) in [5.74, 6) is -0.159. The number of amides is 1. The zero-order chi connectivity index (χ0) is 17.7. The van der Waals surface area contributed by atoms with E-state index in [0.29, 0.717) is 6.54 Å². The van der Waals surface area contributed by atoms with Gasteiger partial charge < -0.3 is 15.8 Å². The standard InChI is InChI=1S/C19H25N3O2S/c1-19(20,15-6-3-2-4-7-15)18(23)21-14-16(17-8-5-13-25-17)22-9-11-24-12-10-22/h2-8,13,16H,9-12,14,20H2,1H3,(H,21,23). The van der Waals surface area contributed by atoms with E-state index >= 15 is 0 Å². The van der Waals surface area contributed by atoms with Crippen LogP contribution in [0.15, 0.2) is 47.8 Å². The largest absolute Gasteiger partial charge is 0.379 e. The Hall–Kier alpha value is -1.73. The predicted octanol–water partition coefficient (Wildman–Crippen LogP) is 2.11. The zero-order valence-electron chi connectivity index (χ0n) is 14.5. The van der Waals surface area contributed by atoms with E-state index in [9.17, 15) is 4.79 Å². The van der Waals surface area contributed by atoms with E-state index in [-0.39, 0.29) is 11.9 Å². The molecule has 1 fully saturated rings. The Morgan fingerprint density at radius 2 is 2.00 bits per heavy atom. The van der Waals surface area contributed by atoms with Crippen molar-refractivity contribution in [2.75, 3.05) is 32.8 Å². The number of carbonyl (C=O) groups is 1. The van der Waals surface area contributed by atoms with Crippen molar-refractivity contribution in [1.82, 2.24) is 10.2 Å². The fourth-order valence-electron chi connectivity index (χ4n) is 3.07. The topological polar surface area (TPSA) is 67.6 Å². The fourth-order valence-corrected chi connectivity index (χ4v) is 3.93. The van der Waals surface area contributed by atoms with Gasteiger partial charge in [0.1, 0.15) is 5.54 Å². The number of nitrogens with two attached hydrogens (primary N) is 1. The minimum absolute atomic E-state index is 0.152. The number of benzene rings is 1. The van der Waals surface area contributed by atoms with E-state index in [4.69, 9.17) is 10.5 Å². The molecule has 1 aromatic carbocycles.